The summed E-state index contributed by atoms with van der Waals surface area (Å²) in [6, 6.07) is 0. The Balaban J connectivity index is 2.23. The lowest BCUT2D eigenvalue weighted by Crippen LogP contribution is -2.44. The highest BCUT2D eigenvalue weighted by molar-refractivity contribution is 6.77. The molecule has 0 unspecified atom stereocenters. The molecule has 0 aromatic rings. The molecule has 150 valence electrons. The zero-order chi connectivity index (χ0) is 19.5. The summed E-state index contributed by atoms with van der Waals surface area (Å²) in [5.41, 5.74) is 0.306. The summed E-state index contributed by atoms with van der Waals surface area (Å²) in [6.45, 7) is 9.74. The van der Waals surface area contributed by atoms with Crippen molar-refractivity contribution < 1.29 is 23.7 Å². The maximum absolute atomic E-state index is 12.6. The van der Waals surface area contributed by atoms with Crippen molar-refractivity contribution in [3.8, 4) is 0 Å². The highest BCUT2D eigenvalue weighted by Crippen LogP contribution is 2.42. The summed E-state index contributed by atoms with van der Waals surface area (Å²) >= 11 is 17.5. The van der Waals surface area contributed by atoms with Crippen LogP contribution in [0.3, 0.4) is 0 Å². The lowest BCUT2D eigenvalue weighted by atomic mass is 9.78. The van der Waals surface area contributed by atoms with Gasteiger partial charge in [-0.1, -0.05) is 55.6 Å². The van der Waals surface area contributed by atoms with E-state index >= 15 is 0 Å². The molecule has 0 spiro atoms. The second-order valence-corrected chi connectivity index (χ2v) is 9.77. The number of Topliss-reactive ketones (excluding diaryl/α,β-unsaturated/α-hetero) is 1. The van der Waals surface area contributed by atoms with Crippen LogP contribution >= 0.6 is 34.8 Å². The average Bonchev–Trinajstić information content (AvgIpc) is 2.56. The Kier molecular flexibility index (Phi) is 7.68. The normalized spacial score (nSPS) is 29.8. The molecule has 0 aromatic heterocycles. The van der Waals surface area contributed by atoms with Gasteiger partial charge in [-0.2, -0.15) is 0 Å². The Morgan fingerprint density at radius 3 is 2.38 bits per heavy atom. The number of hydrogen-bond donors (Lipinski definition) is 0. The molecule has 26 heavy (non-hydrogen) atoms. The summed E-state index contributed by atoms with van der Waals surface area (Å²) in [4.78, 5) is 12.6. The van der Waals surface area contributed by atoms with Gasteiger partial charge >= 0.3 is 0 Å². The highest BCUT2D eigenvalue weighted by atomic mass is 35.6. The zero-order valence-corrected chi connectivity index (χ0v) is 17.9. The molecule has 2 heterocycles. The van der Waals surface area contributed by atoms with Gasteiger partial charge in [0.15, 0.2) is 6.29 Å². The van der Waals surface area contributed by atoms with Crippen LogP contribution in [0.5, 0.6) is 0 Å². The number of hydrogen-bond acceptors (Lipinski definition) is 5. The maximum Gasteiger partial charge on any atom is 0.253 e. The first-order valence-corrected chi connectivity index (χ1v) is 10.0. The molecular formula is C18H27Cl3O5. The lowest BCUT2D eigenvalue weighted by molar-refractivity contribution is -0.234. The predicted molar refractivity (Wildman–Crippen MR) is 101 cm³/mol. The third kappa shape index (κ3) is 5.49. The topological polar surface area (TPSA) is 54.0 Å². The van der Waals surface area contributed by atoms with Crippen molar-refractivity contribution in [1.29, 1.82) is 0 Å². The van der Waals surface area contributed by atoms with Crippen molar-refractivity contribution >= 4 is 40.6 Å². The van der Waals surface area contributed by atoms with E-state index < -0.39 is 22.2 Å². The molecule has 1 saturated heterocycles. The van der Waals surface area contributed by atoms with Gasteiger partial charge in [-0.05, 0) is 13.3 Å². The van der Waals surface area contributed by atoms with Gasteiger partial charge < -0.3 is 18.9 Å². The minimum Gasteiger partial charge on any atom is -0.472 e. The first-order chi connectivity index (χ1) is 12.1. The van der Waals surface area contributed by atoms with Crippen LogP contribution in [0.25, 0.3) is 0 Å². The van der Waals surface area contributed by atoms with E-state index in [2.05, 4.69) is 13.8 Å². The maximum atomic E-state index is 12.6. The van der Waals surface area contributed by atoms with Crippen LogP contribution in [0, 0.1) is 17.3 Å². The van der Waals surface area contributed by atoms with E-state index in [-0.39, 0.29) is 17.3 Å². The third-order valence-electron chi connectivity index (χ3n) is 4.68. The number of carbonyl (C=O) groups excluding carboxylic acids is 1. The Bertz CT molecular complexity index is 519. The van der Waals surface area contributed by atoms with Crippen molar-refractivity contribution in [2.75, 3.05) is 19.8 Å². The van der Waals surface area contributed by atoms with Gasteiger partial charge in [0.1, 0.15) is 0 Å². The van der Waals surface area contributed by atoms with E-state index in [1.165, 1.54) is 6.26 Å². The van der Waals surface area contributed by atoms with E-state index in [1.54, 1.807) is 0 Å². The molecule has 0 N–H and O–H groups in total. The van der Waals surface area contributed by atoms with Crippen LogP contribution in [0.15, 0.2) is 11.8 Å². The molecule has 0 bridgehead atoms. The summed E-state index contributed by atoms with van der Waals surface area (Å²) in [5.74, 6) is -0.912. The van der Waals surface area contributed by atoms with Crippen molar-refractivity contribution in [1.82, 2.24) is 0 Å². The Morgan fingerprint density at radius 2 is 1.88 bits per heavy atom. The van der Waals surface area contributed by atoms with Gasteiger partial charge in [0, 0.05) is 35.9 Å². The number of halogens is 3. The molecule has 0 radical (unpaired) electrons. The third-order valence-corrected chi connectivity index (χ3v) is 5.20. The molecule has 1 fully saturated rings. The van der Waals surface area contributed by atoms with Gasteiger partial charge in [-0.3, -0.25) is 4.79 Å². The van der Waals surface area contributed by atoms with E-state index in [1.807, 2.05) is 13.8 Å². The van der Waals surface area contributed by atoms with Gasteiger partial charge in [0.25, 0.3) is 3.79 Å². The van der Waals surface area contributed by atoms with Crippen LogP contribution in [0.4, 0.5) is 0 Å². The Hall–Kier alpha value is -0.0400. The van der Waals surface area contributed by atoms with E-state index in [0.717, 1.165) is 6.42 Å². The fourth-order valence-corrected chi connectivity index (χ4v) is 3.64. The number of ether oxygens (including phenoxy) is 4. The largest absolute Gasteiger partial charge is 0.472 e. The van der Waals surface area contributed by atoms with Crippen LogP contribution in [-0.4, -0.2) is 42.0 Å². The highest BCUT2D eigenvalue weighted by Gasteiger charge is 2.45. The number of carbonyl (C=O) groups is 1. The number of allylic oxidation sites excluding steroid dienone is 1. The predicted octanol–water partition coefficient (Wildman–Crippen LogP) is 4.63. The molecule has 2 aliphatic rings. The van der Waals surface area contributed by atoms with Crippen LogP contribution in [0.1, 0.15) is 40.5 Å². The fourth-order valence-electron chi connectivity index (χ4n) is 3.31. The summed E-state index contributed by atoms with van der Waals surface area (Å²) in [5, 5.41) is 0. The minimum atomic E-state index is -2.04. The Labute approximate surface area is 170 Å². The Morgan fingerprint density at radius 1 is 1.27 bits per heavy atom. The van der Waals surface area contributed by atoms with E-state index in [4.69, 9.17) is 53.8 Å². The number of alkyl halides is 3. The summed E-state index contributed by atoms with van der Waals surface area (Å²) in [7, 11) is 0. The zero-order valence-electron chi connectivity index (χ0n) is 15.6. The lowest BCUT2D eigenvalue weighted by Gasteiger charge is -2.41. The van der Waals surface area contributed by atoms with E-state index in [9.17, 15) is 4.79 Å². The molecule has 0 saturated carbocycles. The smallest absolute Gasteiger partial charge is 0.253 e. The van der Waals surface area contributed by atoms with Crippen LogP contribution in [-0.2, 0) is 23.7 Å². The molecule has 0 aromatic carbocycles. The summed E-state index contributed by atoms with van der Waals surface area (Å²) < 4.78 is 21.0. The molecule has 0 amide bonds. The van der Waals surface area contributed by atoms with Gasteiger partial charge in [-0.25, -0.2) is 0 Å². The van der Waals surface area contributed by atoms with Crippen molar-refractivity contribution in [3.63, 3.8) is 0 Å². The standard InChI is InChI=1S/C18H27Cl3O5/c1-5-11-12(7-14-25-9-17(3,4)10-26-14)13(15(22)18(19,20)21)8-24-16(11)23-6-2/h8,11-12,14,16H,5-7,9-10H2,1-4H3/t11-,12-,16-/m1/s1. The average molecular weight is 430 g/mol. The second-order valence-electron chi connectivity index (χ2n) is 7.49. The summed E-state index contributed by atoms with van der Waals surface area (Å²) in [6.07, 6.45) is 1.70. The number of rotatable bonds is 6. The van der Waals surface area contributed by atoms with Gasteiger partial charge in [0.2, 0.25) is 12.1 Å². The molecule has 2 rings (SSSR count). The second kappa shape index (κ2) is 8.97. The molecule has 8 heteroatoms. The van der Waals surface area contributed by atoms with Crippen molar-refractivity contribution in [2.45, 2.75) is 56.9 Å². The van der Waals surface area contributed by atoms with Crippen LogP contribution < -0.4 is 0 Å². The van der Waals surface area contributed by atoms with Crippen molar-refractivity contribution in [3.05, 3.63) is 11.8 Å². The monoisotopic (exact) mass is 428 g/mol. The first kappa shape index (κ1) is 22.3. The fraction of sp³-hybridized carbons (Fsp3) is 0.833. The van der Waals surface area contributed by atoms with Gasteiger partial charge in [0.05, 0.1) is 19.5 Å². The molecule has 5 nitrogen and oxygen atoms in total. The SMILES string of the molecule is CCO[C@@H]1OC=C(C(=O)C(Cl)(Cl)Cl)[C@H](CC2OCC(C)(C)CO2)[C@H]1CC. The van der Waals surface area contributed by atoms with E-state index in [0.29, 0.717) is 31.8 Å². The first-order valence-electron chi connectivity index (χ1n) is 8.91. The van der Waals surface area contributed by atoms with Gasteiger partial charge in [-0.15, -0.1) is 0 Å². The molecule has 0 aliphatic carbocycles. The minimum absolute atomic E-state index is 0.0315. The molecule has 2 aliphatic heterocycles. The molecule has 3 atom stereocenters. The quantitative estimate of drug-likeness (QED) is 0.576. The van der Waals surface area contributed by atoms with Crippen LogP contribution in [0.2, 0.25) is 0 Å². The van der Waals surface area contributed by atoms with Crippen molar-refractivity contribution in [2.24, 2.45) is 17.3 Å². The molecular weight excluding hydrogens is 403 g/mol. The number of ketones is 1.